The topological polar surface area (TPSA) is 46.6 Å². The average molecular weight is 237 g/mol. The first-order valence-corrected chi connectivity index (χ1v) is 6.33. The van der Waals surface area contributed by atoms with Crippen LogP contribution in [0.3, 0.4) is 0 Å². The maximum atomic E-state index is 11.8. The van der Waals surface area contributed by atoms with E-state index in [1.54, 1.807) is 6.92 Å². The van der Waals surface area contributed by atoms with Gasteiger partial charge in [-0.2, -0.15) is 0 Å². The Hall–Kier alpha value is -1.32. The number of ketones is 1. The molecule has 2 rings (SSSR count). The highest BCUT2D eigenvalue weighted by Gasteiger charge is 2.36. The summed E-state index contributed by atoms with van der Waals surface area (Å²) in [6.07, 6.45) is 4.23. The number of fused-ring (bicyclic) bond motifs is 1. The fraction of sp³-hybridized carbons (Fsp3) is 0.692. The van der Waals surface area contributed by atoms with Gasteiger partial charge in [-0.1, -0.05) is 0 Å². The number of carbonyl (C=O) groups excluding carboxylic acids is 2. The summed E-state index contributed by atoms with van der Waals surface area (Å²) in [4.78, 5) is 25.7. The average Bonchev–Trinajstić information content (AvgIpc) is 2.82. The van der Waals surface area contributed by atoms with Crippen LogP contribution in [0.4, 0.5) is 0 Å². The Morgan fingerprint density at radius 3 is 2.82 bits per heavy atom. The molecule has 0 aromatic heterocycles. The predicted molar refractivity (Wildman–Crippen MR) is 63.3 cm³/mol. The fourth-order valence-electron chi connectivity index (χ4n) is 2.87. The summed E-state index contributed by atoms with van der Waals surface area (Å²) in [6, 6.07) is 0.536. The first kappa shape index (κ1) is 12.1. The summed E-state index contributed by atoms with van der Waals surface area (Å²) in [5.41, 5.74) is 1.19. The van der Waals surface area contributed by atoms with Crippen LogP contribution in [0.2, 0.25) is 0 Å². The largest absolute Gasteiger partial charge is 0.462 e. The summed E-state index contributed by atoms with van der Waals surface area (Å²) < 4.78 is 4.98. The molecular formula is C13H19NO3. The van der Waals surface area contributed by atoms with Crippen molar-refractivity contribution < 1.29 is 14.3 Å². The Morgan fingerprint density at radius 2 is 2.18 bits per heavy atom. The third kappa shape index (κ3) is 2.21. The second-order valence-corrected chi connectivity index (χ2v) is 4.63. The quantitative estimate of drug-likeness (QED) is 0.324. The zero-order valence-electron chi connectivity index (χ0n) is 10.5. The molecule has 0 bridgehead atoms. The van der Waals surface area contributed by atoms with Gasteiger partial charge in [-0.05, 0) is 39.5 Å². The molecule has 4 heteroatoms. The number of hydrogen-bond donors (Lipinski definition) is 0. The smallest absolute Gasteiger partial charge is 0.343 e. The van der Waals surface area contributed by atoms with Gasteiger partial charge in [0, 0.05) is 18.3 Å². The van der Waals surface area contributed by atoms with Crippen LogP contribution >= 0.6 is 0 Å². The number of allylic oxidation sites excluding steroid dienone is 1. The molecule has 0 unspecified atom stereocenters. The first-order chi connectivity index (χ1) is 8.15. The van der Waals surface area contributed by atoms with Crippen LogP contribution in [-0.2, 0) is 14.3 Å². The third-order valence-corrected chi connectivity index (χ3v) is 3.56. The van der Waals surface area contributed by atoms with Gasteiger partial charge in [0.25, 0.3) is 0 Å². The molecule has 2 aliphatic heterocycles. The van der Waals surface area contributed by atoms with E-state index < -0.39 is 5.97 Å². The van der Waals surface area contributed by atoms with Crippen LogP contribution in [0.25, 0.3) is 0 Å². The third-order valence-electron chi connectivity index (χ3n) is 3.56. The van der Waals surface area contributed by atoms with Gasteiger partial charge >= 0.3 is 5.97 Å². The minimum Gasteiger partial charge on any atom is -0.462 e. The Balaban J connectivity index is 2.30. The lowest BCUT2D eigenvalue weighted by atomic mass is 10.1. The van der Waals surface area contributed by atoms with Gasteiger partial charge in [0.1, 0.15) is 5.57 Å². The van der Waals surface area contributed by atoms with E-state index in [0.29, 0.717) is 12.6 Å². The van der Waals surface area contributed by atoms with E-state index in [4.69, 9.17) is 4.74 Å². The van der Waals surface area contributed by atoms with E-state index in [2.05, 4.69) is 4.90 Å². The lowest BCUT2D eigenvalue weighted by Gasteiger charge is -2.21. The van der Waals surface area contributed by atoms with E-state index in [1.807, 2.05) is 0 Å². The van der Waals surface area contributed by atoms with Crippen molar-refractivity contribution in [1.82, 2.24) is 4.90 Å². The zero-order valence-corrected chi connectivity index (χ0v) is 10.5. The van der Waals surface area contributed by atoms with Crippen LogP contribution < -0.4 is 0 Å². The minimum absolute atomic E-state index is 0.175. The van der Waals surface area contributed by atoms with Crippen LogP contribution in [0.5, 0.6) is 0 Å². The lowest BCUT2D eigenvalue weighted by Crippen LogP contribution is -2.26. The lowest BCUT2D eigenvalue weighted by molar-refractivity contribution is -0.140. The van der Waals surface area contributed by atoms with Crippen molar-refractivity contribution in [3.8, 4) is 0 Å². The van der Waals surface area contributed by atoms with E-state index >= 15 is 0 Å². The van der Waals surface area contributed by atoms with Gasteiger partial charge in [0.05, 0.1) is 6.61 Å². The Morgan fingerprint density at radius 1 is 1.41 bits per heavy atom. The van der Waals surface area contributed by atoms with Crippen molar-refractivity contribution in [2.75, 3.05) is 13.2 Å². The van der Waals surface area contributed by atoms with Crippen molar-refractivity contribution in [2.24, 2.45) is 0 Å². The number of Topliss-reactive ketones (excluding diaryl/α,β-unsaturated/α-hetero) is 1. The van der Waals surface area contributed by atoms with Crippen LogP contribution in [0.15, 0.2) is 11.3 Å². The molecule has 0 amide bonds. The Kier molecular flexibility index (Phi) is 3.50. The van der Waals surface area contributed by atoms with Gasteiger partial charge in [0.2, 0.25) is 0 Å². The Labute approximate surface area is 102 Å². The Bertz CT molecular complexity index is 373. The molecule has 17 heavy (non-hydrogen) atoms. The molecule has 0 aromatic rings. The molecule has 0 aromatic carbocycles. The molecule has 0 saturated carbocycles. The molecule has 0 radical (unpaired) electrons. The van der Waals surface area contributed by atoms with Gasteiger partial charge in [-0.3, -0.25) is 4.79 Å². The summed E-state index contributed by atoms with van der Waals surface area (Å²) >= 11 is 0. The SMILES string of the molecule is CCOC(=O)/C(C(C)=O)=C1\CC[C@@H]2CCCN12. The van der Waals surface area contributed by atoms with Crippen molar-refractivity contribution in [3.05, 3.63) is 11.3 Å². The summed E-state index contributed by atoms with van der Waals surface area (Å²) in [6.45, 7) is 4.48. The normalized spacial score (nSPS) is 25.8. The monoisotopic (exact) mass is 237 g/mol. The summed E-state index contributed by atoms with van der Waals surface area (Å²) in [5, 5.41) is 0. The molecule has 4 nitrogen and oxygen atoms in total. The molecule has 2 heterocycles. The van der Waals surface area contributed by atoms with Gasteiger partial charge in [-0.15, -0.1) is 0 Å². The molecule has 2 fully saturated rings. The summed E-state index contributed by atoms with van der Waals surface area (Å²) in [7, 11) is 0. The highest BCUT2D eigenvalue weighted by Crippen LogP contribution is 2.36. The molecule has 0 aliphatic carbocycles. The van der Waals surface area contributed by atoms with Gasteiger partial charge in [-0.25, -0.2) is 4.79 Å². The van der Waals surface area contributed by atoms with Gasteiger partial charge in [0.15, 0.2) is 5.78 Å². The molecule has 2 aliphatic rings. The standard InChI is InChI=1S/C13H19NO3/c1-3-17-13(16)12(9(2)15)11-7-6-10-5-4-8-14(10)11/h10H,3-8H2,1-2H3/b12-11+/t10-/m0/s1. The maximum Gasteiger partial charge on any atom is 0.343 e. The second kappa shape index (κ2) is 4.90. The highest BCUT2D eigenvalue weighted by atomic mass is 16.5. The van der Waals surface area contributed by atoms with E-state index in [1.165, 1.54) is 13.3 Å². The van der Waals surface area contributed by atoms with Crippen molar-refractivity contribution in [1.29, 1.82) is 0 Å². The number of ether oxygens (including phenoxy) is 1. The van der Waals surface area contributed by atoms with Crippen molar-refractivity contribution >= 4 is 11.8 Å². The van der Waals surface area contributed by atoms with Crippen molar-refractivity contribution in [2.45, 2.75) is 45.6 Å². The molecular weight excluding hydrogens is 218 g/mol. The first-order valence-electron chi connectivity index (χ1n) is 6.33. The predicted octanol–water partition coefficient (Wildman–Crippen LogP) is 1.65. The maximum absolute atomic E-state index is 11.8. The van der Waals surface area contributed by atoms with Crippen LogP contribution in [-0.4, -0.2) is 35.8 Å². The van der Waals surface area contributed by atoms with E-state index in [-0.39, 0.29) is 11.4 Å². The number of rotatable bonds is 3. The summed E-state index contributed by atoms with van der Waals surface area (Å²) in [5.74, 6) is -0.631. The molecule has 94 valence electrons. The number of carbonyl (C=O) groups is 2. The highest BCUT2D eigenvalue weighted by molar-refractivity contribution is 6.17. The van der Waals surface area contributed by atoms with E-state index in [0.717, 1.165) is 31.5 Å². The second-order valence-electron chi connectivity index (χ2n) is 4.63. The van der Waals surface area contributed by atoms with Crippen LogP contribution in [0, 0.1) is 0 Å². The molecule has 0 spiro atoms. The molecule has 1 atom stereocenters. The molecule has 2 saturated heterocycles. The molecule has 0 N–H and O–H groups in total. The fourth-order valence-corrected chi connectivity index (χ4v) is 2.87. The number of nitrogens with zero attached hydrogens (tertiary/aromatic N) is 1. The van der Waals surface area contributed by atoms with Crippen LogP contribution in [0.1, 0.15) is 39.5 Å². The minimum atomic E-state index is -0.456. The van der Waals surface area contributed by atoms with Crippen molar-refractivity contribution in [3.63, 3.8) is 0 Å². The van der Waals surface area contributed by atoms with E-state index in [9.17, 15) is 9.59 Å². The van der Waals surface area contributed by atoms with Gasteiger partial charge < -0.3 is 9.64 Å². The number of esters is 1. The number of hydrogen-bond acceptors (Lipinski definition) is 4. The zero-order chi connectivity index (χ0) is 12.4.